The minimum atomic E-state index is -0.789. The molecule has 0 saturated heterocycles. The highest BCUT2D eigenvalue weighted by molar-refractivity contribution is 5.47. The third kappa shape index (κ3) is 2.53. The molecule has 0 aliphatic carbocycles. The van der Waals surface area contributed by atoms with Crippen molar-refractivity contribution in [2.45, 2.75) is 13.5 Å². The number of nitrogens with zero attached hydrogens (tertiary/aromatic N) is 3. The highest BCUT2D eigenvalue weighted by atomic mass is 19.1. The van der Waals surface area contributed by atoms with Gasteiger partial charge >= 0.3 is 0 Å². The summed E-state index contributed by atoms with van der Waals surface area (Å²) in [6, 6.07) is 0.750. The molecule has 0 atom stereocenters. The minimum absolute atomic E-state index is 0.0411. The van der Waals surface area contributed by atoms with E-state index >= 15 is 0 Å². The third-order valence-electron chi connectivity index (χ3n) is 2.14. The van der Waals surface area contributed by atoms with Crippen LogP contribution < -0.4 is 10.6 Å². The van der Waals surface area contributed by atoms with Crippen molar-refractivity contribution in [1.29, 1.82) is 0 Å². The molecule has 0 fully saturated rings. The molecule has 0 aliphatic rings. The molecule has 0 aliphatic heterocycles. The zero-order valence-electron chi connectivity index (χ0n) is 9.79. The Morgan fingerprint density at radius 1 is 1.22 bits per heavy atom. The lowest BCUT2D eigenvalue weighted by Gasteiger charge is -2.07. The number of rotatable bonds is 4. The summed E-state index contributed by atoms with van der Waals surface area (Å²) < 4.78 is 31.4. The molecular weight excluding hydrogens is 244 g/mol. The van der Waals surface area contributed by atoms with Gasteiger partial charge in [-0.15, -0.1) is 0 Å². The molecule has 0 aromatic carbocycles. The summed E-state index contributed by atoms with van der Waals surface area (Å²) in [4.78, 5) is 7.69. The predicted molar refractivity (Wildman–Crippen MR) is 60.1 cm³/mol. The number of anilines is 2. The third-order valence-corrected chi connectivity index (χ3v) is 2.14. The van der Waals surface area contributed by atoms with Crippen molar-refractivity contribution in [2.75, 3.05) is 17.7 Å². The summed E-state index contributed by atoms with van der Waals surface area (Å²) in [7, 11) is 1.49. The van der Waals surface area contributed by atoms with Crippen LogP contribution in [0.1, 0.15) is 11.7 Å². The van der Waals surface area contributed by atoms with Gasteiger partial charge in [0.1, 0.15) is 0 Å². The van der Waals surface area contributed by atoms with Crippen molar-refractivity contribution < 1.29 is 13.3 Å². The van der Waals surface area contributed by atoms with Gasteiger partial charge in [-0.05, 0) is 6.92 Å². The number of hydrogen-bond acceptors (Lipinski definition) is 6. The smallest absolute Gasteiger partial charge is 0.245 e. The number of hydrogen-bond donors (Lipinski definition) is 2. The average molecular weight is 255 g/mol. The number of aryl methyl sites for hydroxylation is 1. The standard InChI is InChI=1S/C10H11F2N5O/c1-5-15-8(18-17-5)4-14-10-7(12)3-6(11)9(13-2)16-10/h3H,4H2,1-2H3,(H2,13,14,16). The lowest BCUT2D eigenvalue weighted by molar-refractivity contribution is 0.379. The van der Waals surface area contributed by atoms with E-state index in [-0.39, 0.29) is 18.2 Å². The number of halogens is 2. The van der Waals surface area contributed by atoms with Crippen LogP contribution >= 0.6 is 0 Å². The van der Waals surface area contributed by atoms with Crippen LogP contribution in [-0.2, 0) is 6.54 Å². The van der Waals surface area contributed by atoms with Crippen molar-refractivity contribution in [3.8, 4) is 0 Å². The first-order valence-electron chi connectivity index (χ1n) is 5.17. The number of nitrogens with one attached hydrogen (secondary N) is 2. The van der Waals surface area contributed by atoms with Crippen LogP contribution in [0.2, 0.25) is 0 Å². The molecule has 8 heteroatoms. The molecule has 0 unspecified atom stereocenters. The fraction of sp³-hybridized carbons (Fsp3) is 0.300. The van der Waals surface area contributed by atoms with Gasteiger partial charge in [-0.3, -0.25) is 0 Å². The van der Waals surface area contributed by atoms with Crippen LogP contribution in [0.25, 0.3) is 0 Å². The summed E-state index contributed by atoms with van der Waals surface area (Å²) >= 11 is 0. The van der Waals surface area contributed by atoms with E-state index in [1.807, 2.05) is 0 Å². The maximum Gasteiger partial charge on any atom is 0.245 e. The van der Waals surface area contributed by atoms with Crippen molar-refractivity contribution >= 4 is 11.6 Å². The summed E-state index contributed by atoms with van der Waals surface area (Å²) in [6.07, 6.45) is 0. The maximum absolute atomic E-state index is 13.4. The Labute approximate surface area is 101 Å². The lowest BCUT2D eigenvalue weighted by atomic mass is 10.4. The van der Waals surface area contributed by atoms with E-state index < -0.39 is 11.6 Å². The SMILES string of the molecule is CNc1nc(NCc2nc(C)no2)c(F)cc1F. The first kappa shape index (κ1) is 12.2. The monoisotopic (exact) mass is 255 g/mol. The zero-order valence-corrected chi connectivity index (χ0v) is 9.79. The second-order valence-electron chi connectivity index (χ2n) is 3.49. The zero-order chi connectivity index (χ0) is 13.1. The second kappa shape index (κ2) is 4.94. The van der Waals surface area contributed by atoms with Gasteiger partial charge in [0.2, 0.25) is 5.89 Å². The first-order chi connectivity index (χ1) is 8.60. The molecule has 0 bridgehead atoms. The Hall–Kier alpha value is -2.25. The van der Waals surface area contributed by atoms with Crippen LogP contribution in [0.5, 0.6) is 0 Å². The van der Waals surface area contributed by atoms with E-state index in [4.69, 9.17) is 4.52 Å². The van der Waals surface area contributed by atoms with Gasteiger partial charge in [-0.2, -0.15) is 4.98 Å². The van der Waals surface area contributed by atoms with Gasteiger partial charge in [0.05, 0.1) is 6.54 Å². The summed E-state index contributed by atoms with van der Waals surface area (Å²) in [5.41, 5.74) is 0. The fourth-order valence-electron chi connectivity index (χ4n) is 1.34. The van der Waals surface area contributed by atoms with E-state index in [9.17, 15) is 8.78 Å². The van der Waals surface area contributed by atoms with Crippen LogP contribution in [0.4, 0.5) is 20.4 Å². The second-order valence-corrected chi connectivity index (χ2v) is 3.49. The van der Waals surface area contributed by atoms with E-state index in [1.54, 1.807) is 6.92 Å². The molecule has 0 saturated carbocycles. The lowest BCUT2D eigenvalue weighted by Crippen LogP contribution is -2.07. The Bertz CT molecular complexity index is 557. The summed E-state index contributed by atoms with van der Waals surface area (Å²) in [6.45, 7) is 1.78. The Morgan fingerprint density at radius 3 is 2.56 bits per heavy atom. The van der Waals surface area contributed by atoms with Crippen molar-refractivity contribution in [2.24, 2.45) is 0 Å². The Morgan fingerprint density at radius 2 is 1.94 bits per heavy atom. The largest absolute Gasteiger partial charge is 0.371 e. The van der Waals surface area contributed by atoms with Gasteiger partial charge in [0.15, 0.2) is 29.1 Å². The normalized spacial score (nSPS) is 10.4. The molecular formula is C10H11F2N5O. The fourth-order valence-corrected chi connectivity index (χ4v) is 1.34. The van der Waals surface area contributed by atoms with E-state index in [1.165, 1.54) is 7.05 Å². The van der Waals surface area contributed by atoms with Crippen LogP contribution in [-0.4, -0.2) is 22.2 Å². The topological polar surface area (TPSA) is 75.9 Å². The average Bonchev–Trinajstić information content (AvgIpc) is 2.74. The van der Waals surface area contributed by atoms with Crippen molar-refractivity contribution in [1.82, 2.24) is 15.1 Å². The van der Waals surface area contributed by atoms with E-state index in [0.29, 0.717) is 11.7 Å². The Balaban J connectivity index is 2.13. The van der Waals surface area contributed by atoms with Gasteiger partial charge in [0.25, 0.3) is 0 Å². The van der Waals surface area contributed by atoms with Gasteiger partial charge in [-0.1, -0.05) is 5.16 Å². The van der Waals surface area contributed by atoms with E-state index in [0.717, 1.165) is 6.07 Å². The molecule has 6 nitrogen and oxygen atoms in total. The molecule has 2 N–H and O–H groups in total. The minimum Gasteiger partial charge on any atom is -0.371 e. The Kier molecular flexibility index (Phi) is 3.35. The maximum atomic E-state index is 13.4. The molecule has 0 radical (unpaired) electrons. The van der Waals surface area contributed by atoms with Crippen LogP contribution in [0.3, 0.4) is 0 Å². The van der Waals surface area contributed by atoms with Crippen LogP contribution in [0.15, 0.2) is 10.6 Å². The highest BCUT2D eigenvalue weighted by Gasteiger charge is 2.11. The van der Waals surface area contributed by atoms with Gasteiger partial charge in [-0.25, -0.2) is 13.8 Å². The van der Waals surface area contributed by atoms with Crippen LogP contribution in [0, 0.1) is 18.6 Å². The molecule has 2 rings (SSSR count). The summed E-state index contributed by atoms with van der Waals surface area (Å²) in [5, 5.41) is 8.76. The van der Waals surface area contributed by atoms with Gasteiger partial charge < -0.3 is 15.2 Å². The molecule has 18 heavy (non-hydrogen) atoms. The highest BCUT2D eigenvalue weighted by Crippen LogP contribution is 2.18. The first-order valence-corrected chi connectivity index (χ1v) is 5.17. The number of pyridine rings is 1. The van der Waals surface area contributed by atoms with Crippen molar-refractivity contribution in [3.63, 3.8) is 0 Å². The number of aromatic nitrogens is 3. The molecule has 2 heterocycles. The molecule has 96 valence electrons. The van der Waals surface area contributed by atoms with Gasteiger partial charge in [0, 0.05) is 13.1 Å². The predicted octanol–water partition coefficient (Wildman–Crippen LogP) is 1.71. The summed E-state index contributed by atoms with van der Waals surface area (Å²) in [5.74, 6) is -0.895. The molecule has 2 aromatic heterocycles. The van der Waals surface area contributed by atoms with E-state index in [2.05, 4.69) is 25.8 Å². The molecule has 0 spiro atoms. The quantitative estimate of drug-likeness (QED) is 0.866. The van der Waals surface area contributed by atoms with Crippen molar-refractivity contribution in [3.05, 3.63) is 29.4 Å². The molecule has 2 aromatic rings. The molecule has 0 amide bonds.